The van der Waals surface area contributed by atoms with Gasteiger partial charge in [-0.1, -0.05) is 19.9 Å². The molecule has 16 heavy (non-hydrogen) atoms. The van der Waals surface area contributed by atoms with Crippen molar-refractivity contribution in [2.45, 2.75) is 27.2 Å². The highest BCUT2D eigenvalue weighted by Crippen LogP contribution is 2.12. The smallest absolute Gasteiger partial charge is 0.266 e. The largest absolute Gasteiger partial charge is 0.383 e. The molecule has 1 rings (SSSR count). The first kappa shape index (κ1) is 14.6. The van der Waals surface area contributed by atoms with Crippen molar-refractivity contribution in [3.05, 3.63) is 36.0 Å². The molecule has 0 saturated heterocycles. The minimum atomic E-state index is -1.62. The second kappa shape index (κ2) is 7.79. The lowest BCUT2D eigenvalue weighted by Gasteiger charge is -2.05. The molecular weight excluding hydrogens is 210 g/mol. The highest BCUT2D eigenvalue weighted by Gasteiger charge is 2.00. The van der Waals surface area contributed by atoms with Gasteiger partial charge in [0.2, 0.25) is 0 Å². The van der Waals surface area contributed by atoms with E-state index in [0.29, 0.717) is 11.7 Å². The van der Waals surface area contributed by atoms with Crippen molar-refractivity contribution in [1.29, 1.82) is 0 Å². The van der Waals surface area contributed by atoms with Gasteiger partial charge in [0, 0.05) is 6.20 Å². The van der Waals surface area contributed by atoms with E-state index < -0.39 is 6.08 Å². The maximum Gasteiger partial charge on any atom is 0.266 e. The van der Waals surface area contributed by atoms with Gasteiger partial charge in [0.25, 0.3) is 6.08 Å². The molecule has 0 aliphatic rings. The summed E-state index contributed by atoms with van der Waals surface area (Å²) in [5.41, 5.74) is 6.81. The summed E-state index contributed by atoms with van der Waals surface area (Å²) in [6.45, 7) is 5.63. The molecule has 0 radical (unpaired) electrons. The van der Waals surface area contributed by atoms with Crippen LogP contribution in [0.3, 0.4) is 0 Å². The third-order valence-corrected chi connectivity index (χ3v) is 1.77. The second-order valence-electron chi connectivity index (χ2n) is 3.72. The van der Waals surface area contributed by atoms with Gasteiger partial charge in [0.15, 0.2) is 0 Å². The lowest BCUT2D eigenvalue weighted by Crippen LogP contribution is -2.00. The minimum absolute atomic E-state index is 0.640. The summed E-state index contributed by atoms with van der Waals surface area (Å²) in [6.07, 6.45) is 1.86. The van der Waals surface area contributed by atoms with Gasteiger partial charge in [-0.3, -0.25) is 0 Å². The predicted octanol–water partition coefficient (Wildman–Crippen LogP) is 3.65. The first-order valence-corrected chi connectivity index (χ1v) is 5.14. The normalized spacial score (nSPS) is 9.38. The Morgan fingerprint density at radius 3 is 2.44 bits per heavy atom. The Morgan fingerprint density at radius 2 is 2.06 bits per heavy atom. The zero-order chi connectivity index (χ0) is 12.6. The molecule has 1 aromatic rings. The van der Waals surface area contributed by atoms with E-state index >= 15 is 0 Å². The molecule has 90 valence electrons. The maximum atomic E-state index is 10.6. The molecule has 0 fully saturated rings. The number of pyridine rings is 1. The summed E-state index contributed by atoms with van der Waals surface area (Å²) < 4.78 is 21.2. The minimum Gasteiger partial charge on any atom is -0.383 e. The molecule has 0 aromatic carbocycles. The van der Waals surface area contributed by atoms with Crippen molar-refractivity contribution in [3.63, 3.8) is 0 Å². The lowest BCUT2D eigenvalue weighted by molar-refractivity contribution is 0.420. The van der Waals surface area contributed by atoms with E-state index in [1.807, 2.05) is 12.1 Å². The third kappa shape index (κ3) is 6.92. The fourth-order valence-electron chi connectivity index (χ4n) is 1.06. The Balaban J connectivity index is 0.000000385. The maximum absolute atomic E-state index is 10.6. The van der Waals surface area contributed by atoms with Crippen LogP contribution in [0.5, 0.6) is 0 Å². The van der Waals surface area contributed by atoms with Crippen LogP contribution in [0.25, 0.3) is 0 Å². The highest BCUT2D eigenvalue weighted by molar-refractivity contribution is 5.38. The topological polar surface area (TPSA) is 38.9 Å². The number of nitrogens with two attached hydrogens (primary N) is 1. The Kier molecular flexibility index (Phi) is 7.09. The number of halogens is 2. The SMILES string of the molecule is CC(C)Cc1cccnc1N.CC=C(F)F. The van der Waals surface area contributed by atoms with Crippen LogP contribution in [0.2, 0.25) is 0 Å². The van der Waals surface area contributed by atoms with E-state index in [9.17, 15) is 8.78 Å². The second-order valence-corrected chi connectivity index (χ2v) is 3.72. The number of hydrogen-bond donors (Lipinski definition) is 1. The molecule has 0 spiro atoms. The monoisotopic (exact) mass is 228 g/mol. The molecule has 0 bridgehead atoms. The van der Waals surface area contributed by atoms with Gasteiger partial charge in [-0.05, 0) is 37.0 Å². The molecule has 1 aromatic heterocycles. The van der Waals surface area contributed by atoms with Crippen LogP contribution in [-0.4, -0.2) is 4.98 Å². The van der Waals surface area contributed by atoms with Crippen LogP contribution in [0.4, 0.5) is 14.6 Å². The first-order chi connectivity index (χ1) is 7.47. The fraction of sp³-hybridized carbons (Fsp3) is 0.417. The summed E-state index contributed by atoms with van der Waals surface area (Å²) in [6, 6.07) is 3.95. The number of hydrogen-bond acceptors (Lipinski definition) is 2. The van der Waals surface area contributed by atoms with Gasteiger partial charge in [-0.15, -0.1) is 0 Å². The number of nitrogens with zero attached hydrogens (tertiary/aromatic N) is 1. The summed E-state index contributed by atoms with van der Waals surface area (Å²) in [4.78, 5) is 4.01. The molecule has 2 nitrogen and oxygen atoms in total. The molecule has 0 saturated carbocycles. The zero-order valence-corrected chi connectivity index (χ0v) is 9.87. The van der Waals surface area contributed by atoms with E-state index in [-0.39, 0.29) is 0 Å². The van der Waals surface area contributed by atoms with Crippen molar-refractivity contribution in [3.8, 4) is 0 Å². The average Bonchev–Trinajstić information content (AvgIpc) is 2.22. The molecule has 0 aliphatic carbocycles. The number of anilines is 1. The van der Waals surface area contributed by atoms with Gasteiger partial charge in [-0.25, -0.2) is 4.98 Å². The van der Waals surface area contributed by atoms with Crippen LogP contribution < -0.4 is 5.73 Å². The predicted molar refractivity (Wildman–Crippen MR) is 63.2 cm³/mol. The van der Waals surface area contributed by atoms with E-state index in [1.54, 1.807) is 6.20 Å². The summed E-state index contributed by atoms with van der Waals surface area (Å²) in [7, 11) is 0. The lowest BCUT2D eigenvalue weighted by atomic mass is 10.0. The van der Waals surface area contributed by atoms with Gasteiger partial charge in [-0.2, -0.15) is 8.78 Å². The Labute approximate surface area is 95.2 Å². The average molecular weight is 228 g/mol. The fourth-order valence-corrected chi connectivity index (χ4v) is 1.06. The molecule has 1 heterocycles. The molecular formula is C12H18F2N2. The van der Waals surface area contributed by atoms with Gasteiger partial charge in [0.1, 0.15) is 5.82 Å². The summed E-state index contributed by atoms with van der Waals surface area (Å²) >= 11 is 0. The highest BCUT2D eigenvalue weighted by atomic mass is 19.3. The summed E-state index contributed by atoms with van der Waals surface area (Å²) in [5.74, 6) is 1.31. The zero-order valence-electron chi connectivity index (χ0n) is 9.87. The van der Waals surface area contributed by atoms with Crippen molar-refractivity contribution >= 4 is 5.82 Å². The van der Waals surface area contributed by atoms with E-state index in [1.165, 1.54) is 6.92 Å². The van der Waals surface area contributed by atoms with Crippen LogP contribution in [0, 0.1) is 5.92 Å². The standard InChI is InChI=1S/C9H14N2.C3H4F2/c1-7(2)6-8-4-3-5-11-9(8)10;1-2-3(4)5/h3-5,7H,6H2,1-2H3,(H2,10,11);2H,1H3. The Morgan fingerprint density at radius 1 is 1.50 bits per heavy atom. The van der Waals surface area contributed by atoms with Crippen LogP contribution in [-0.2, 0) is 6.42 Å². The molecule has 0 aliphatic heterocycles. The van der Waals surface area contributed by atoms with Crippen molar-refractivity contribution in [2.75, 3.05) is 5.73 Å². The van der Waals surface area contributed by atoms with Gasteiger partial charge < -0.3 is 5.73 Å². The van der Waals surface area contributed by atoms with E-state index in [0.717, 1.165) is 18.1 Å². The van der Waals surface area contributed by atoms with Crippen LogP contribution in [0.1, 0.15) is 26.3 Å². The van der Waals surface area contributed by atoms with Crippen LogP contribution in [0.15, 0.2) is 30.5 Å². The Bertz CT molecular complexity index is 332. The first-order valence-electron chi connectivity index (χ1n) is 5.14. The van der Waals surface area contributed by atoms with Crippen LogP contribution >= 0.6 is 0 Å². The number of aromatic nitrogens is 1. The van der Waals surface area contributed by atoms with Crippen molar-refractivity contribution in [1.82, 2.24) is 4.98 Å². The molecule has 0 atom stereocenters. The third-order valence-electron chi connectivity index (χ3n) is 1.77. The van der Waals surface area contributed by atoms with Gasteiger partial charge in [0.05, 0.1) is 0 Å². The quantitative estimate of drug-likeness (QED) is 0.839. The molecule has 0 unspecified atom stereocenters. The van der Waals surface area contributed by atoms with Gasteiger partial charge >= 0.3 is 0 Å². The molecule has 2 N–H and O–H groups in total. The van der Waals surface area contributed by atoms with E-state index in [2.05, 4.69) is 18.8 Å². The van der Waals surface area contributed by atoms with E-state index in [4.69, 9.17) is 5.73 Å². The molecule has 0 amide bonds. The summed E-state index contributed by atoms with van der Waals surface area (Å²) in [5, 5.41) is 0. The number of rotatable bonds is 2. The van der Waals surface area contributed by atoms with Crippen molar-refractivity contribution < 1.29 is 8.78 Å². The molecule has 4 heteroatoms. The number of nitrogen functional groups attached to an aromatic ring is 1. The number of allylic oxidation sites excluding steroid dienone is 1. The Hall–Kier alpha value is -1.45. The van der Waals surface area contributed by atoms with Crippen molar-refractivity contribution in [2.24, 2.45) is 5.92 Å².